The van der Waals surface area contributed by atoms with E-state index >= 15 is 0 Å². The van der Waals surface area contributed by atoms with Crippen LogP contribution in [0.4, 0.5) is 13.6 Å². The Labute approximate surface area is 174 Å². The van der Waals surface area contributed by atoms with Gasteiger partial charge < -0.3 is 10.2 Å². The molecule has 0 saturated heterocycles. The molecule has 0 spiro atoms. The van der Waals surface area contributed by atoms with Crippen LogP contribution in [0.2, 0.25) is 0 Å². The molecule has 3 amide bonds. The van der Waals surface area contributed by atoms with Crippen LogP contribution in [0.15, 0.2) is 53.6 Å². The number of hydrazone groups is 1. The molecule has 0 radical (unpaired) electrons. The minimum Gasteiger partial charge on any atom is -0.336 e. The first-order valence-electron chi connectivity index (χ1n) is 9.67. The van der Waals surface area contributed by atoms with Crippen LogP contribution in [-0.4, -0.2) is 47.2 Å². The fraction of sp³-hybridized carbons (Fsp3) is 0.318. The molecule has 1 atom stereocenters. The third-order valence-electron chi connectivity index (χ3n) is 4.74. The molecule has 1 aliphatic rings. The van der Waals surface area contributed by atoms with Crippen LogP contribution in [0.3, 0.4) is 0 Å². The van der Waals surface area contributed by atoms with Gasteiger partial charge in [0, 0.05) is 25.1 Å². The lowest BCUT2D eigenvalue weighted by atomic mass is 9.98. The molecule has 2 aromatic carbocycles. The van der Waals surface area contributed by atoms with Crippen molar-refractivity contribution in [1.29, 1.82) is 0 Å². The monoisotopic (exact) mass is 414 g/mol. The summed E-state index contributed by atoms with van der Waals surface area (Å²) in [6.07, 6.45) is 0.278. The van der Waals surface area contributed by atoms with Gasteiger partial charge in [0.25, 0.3) is 5.91 Å². The van der Waals surface area contributed by atoms with Crippen LogP contribution < -0.4 is 5.32 Å². The molecule has 2 aromatic rings. The summed E-state index contributed by atoms with van der Waals surface area (Å²) in [6, 6.07) is 10.9. The second-order valence-electron chi connectivity index (χ2n) is 7.49. The van der Waals surface area contributed by atoms with Crippen LogP contribution in [0.25, 0.3) is 0 Å². The molecule has 30 heavy (non-hydrogen) atoms. The van der Waals surface area contributed by atoms with E-state index in [4.69, 9.17) is 0 Å². The van der Waals surface area contributed by atoms with Crippen LogP contribution in [0, 0.1) is 11.6 Å². The Balaban J connectivity index is 1.87. The van der Waals surface area contributed by atoms with Crippen molar-refractivity contribution in [3.63, 3.8) is 0 Å². The molecule has 0 fully saturated rings. The average Bonchev–Trinajstić information content (AvgIpc) is 3.13. The first-order chi connectivity index (χ1) is 14.3. The zero-order chi connectivity index (χ0) is 21.8. The quantitative estimate of drug-likeness (QED) is 0.811. The average molecular weight is 414 g/mol. The maximum absolute atomic E-state index is 14.5. The number of amides is 3. The number of hydrogen-bond donors (Lipinski definition) is 1. The van der Waals surface area contributed by atoms with E-state index in [0.717, 1.165) is 0 Å². The van der Waals surface area contributed by atoms with Gasteiger partial charge in [-0.15, -0.1) is 0 Å². The predicted octanol–water partition coefficient (Wildman–Crippen LogP) is 3.69. The number of benzene rings is 2. The fourth-order valence-corrected chi connectivity index (χ4v) is 3.25. The molecule has 1 unspecified atom stereocenters. The highest BCUT2D eigenvalue weighted by molar-refractivity contribution is 6.03. The number of hydrogen-bond acceptors (Lipinski definition) is 3. The molecule has 0 bridgehead atoms. The zero-order valence-electron chi connectivity index (χ0n) is 17.1. The standard InChI is InChI=1S/C22H24F2N4O2/c1-14(2)25-22(30)27(3)13-21(29)28-20(17-6-4-5-7-18(17)24)12-19(26-28)15-8-10-16(23)11-9-15/h4-11,14,20H,12-13H2,1-3H3,(H,25,30). The Hall–Kier alpha value is -3.29. The summed E-state index contributed by atoms with van der Waals surface area (Å²) in [5, 5.41) is 8.35. The Morgan fingerprint density at radius 3 is 2.47 bits per heavy atom. The largest absolute Gasteiger partial charge is 0.336 e. The van der Waals surface area contributed by atoms with E-state index in [2.05, 4.69) is 10.4 Å². The van der Waals surface area contributed by atoms with Crippen LogP contribution in [0.5, 0.6) is 0 Å². The molecular formula is C22H24F2N4O2. The van der Waals surface area contributed by atoms with Crippen molar-refractivity contribution in [1.82, 2.24) is 15.2 Å². The van der Waals surface area contributed by atoms with E-state index in [1.165, 1.54) is 35.2 Å². The zero-order valence-corrected chi connectivity index (χ0v) is 17.1. The maximum atomic E-state index is 14.5. The van der Waals surface area contributed by atoms with Crippen LogP contribution >= 0.6 is 0 Å². The van der Waals surface area contributed by atoms with Gasteiger partial charge in [-0.1, -0.05) is 30.3 Å². The highest BCUT2D eigenvalue weighted by Crippen LogP contribution is 2.34. The summed E-state index contributed by atoms with van der Waals surface area (Å²) in [4.78, 5) is 26.4. The third kappa shape index (κ3) is 4.82. The first-order valence-corrected chi connectivity index (χ1v) is 9.67. The SMILES string of the molecule is CC(C)NC(=O)N(C)CC(=O)N1N=C(c2ccc(F)cc2)CC1c1ccccc1F. The molecule has 0 aromatic heterocycles. The Kier molecular flexibility index (Phi) is 6.44. The number of nitrogens with zero attached hydrogens (tertiary/aromatic N) is 3. The van der Waals surface area contributed by atoms with Gasteiger partial charge in [0.05, 0.1) is 11.8 Å². The summed E-state index contributed by atoms with van der Waals surface area (Å²) in [5.74, 6) is -1.27. The van der Waals surface area contributed by atoms with Gasteiger partial charge in [0.2, 0.25) is 0 Å². The summed E-state index contributed by atoms with van der Waals surface area (Å²) in [6.45, 7) is 3.42. The molecule has 1 heterocycles. The van der Waals surface area contributed by atoms with E-state index in [1.807, 2.05) is 13.8 Å². The smallest absolute Gasteiger partial charge is 0.317 e. The van der Waals surface area contributed by atoms with E-state index in [-0.39, 0.29) is 30.9 Å². The minimum absolute atomic E-state index is 0.0731. The van der Waals surface area contributed by atoms with Crippen LogP contribution in [-0.2, 0) is 4.79 Å². The predicted molar refractivity (Wildman–Crippen MR) is 110 cm³/mol. The molecule has 1 aliphatic heterocycles. The lowest BCUT2D eigenvalue weighted by Gasteiger charge is -2.25. The van der Waals surface area contributed by atoms with E-state index in [1.54, 1.807) is 30.3 Å². The van der Waals surface area contributed by atoms with Gasteiger partial charge in [-0.2, -0.15) is 5.10 Å². The summed E-state index contributed by atoms with van der Waals surface area (Å²) in [7, 11) is 1.51. The molecular weight excluding hydrogens is 390 g/mol. The minimum atomic E-state index is -0.652. The molecule has 6 nitrogen and oxygen atoms in total. The van der Waals surface area contributed by atoms with Gasteiger partial charge in [-0.05, 0) is 37.6 Å². The van der Waals surface area contributed by atoms with Gasteiger partial charge in [0.15, 0.2) is 0 Å². The van der Waals surface area contributed by atoms with Crippen molar-refractivity contribution < 1.29 is 18.4 Å². The summed E-state index contributed by atoms with van der Waals surface area (Å²) < 4.78 is 27.8. The van der Waals surface area contributed by atoms with E-state index in [9.17, 15) is 18.4 Å². The third-order valence-corrected chi connectivity index (χ3v) is 4.74. The molecule has 0 aliphatic carbocycles. The van der Waals surface area contributed by atoms with E-state index < -0.39 is 17.8 Å². The number of rotatable bonds is 5. The topological polar surface area (TPSA) is 65.0 Å². The van der Waals surface area contributed by atoms with Gasteiger partial charge in [-0.25, -0.2) is 18.6 Å². The van der Waals surface area contributed by atoms with Gasteiger partial charge in [0.1, 0.15) is 18.2 Å². The van der Waals surface area contributed by atoms with Crippen molar-refractivity contribution in [2.45, 2.75) is 32.4 Å². The lowest BCUT2D eigenvalue weighted by molar-refractivity contribution is -0.133. The first kappa shape index (κ1) is 21.4. The summed E-state index contributed by atoms with van der Waals surface area (Å²) >= 11 is 0. The number of nitrogens with one attached hydrogen (secondary N) is 1. The van der Waals surface area contributed by atoms with Crippen molar-refractivity contribution in [3.8, 4) is 0 Å². The summed E-state index contributed by atoms with van der Waals surface area (Å²) in [5.41, 5.74) is 1.53. The van der Waals surface area contributed by atoms with Crippen molar-refractivity contribution in [3.05, 3.63) is 71.3 Å². The van der Waals surface area contributed by atoms with Crippen molar-refractivity contribution >= 4 is 17.6 Å². The second-order valence-corrected chi connectivity index (χ2v) is 7.49. The number of carbonyl (C=O) groups excluding carboxylic acids is 2. The lowest BCUT2D eigenvalue weighted by Crippen LogP contribution is -2.45. The number of halogens is 2. The molecule has 158 valence electrons. The Bertz CT molecular complexity index is 960. The highest BCUT2D eigenvalue weighted by atomic mass is 19.1. The normalized spacial score (nSPS) is 15.9. The number of urea groups is 1. The van der Waals surface area contributed by atoms with Crippen LogP contribution in [0.1, 0.15) is 37.4 Å². The Morgan fingerprint density at radius 1 is 1.17 bits per heavy atom. The second kappa shape index (κ2) is 9.02. The van der Waals surface area contributed by atoms with Gasteiger partial charge >= 0.3 is 6.03 Å². The maximum Gasteiger partial charge on any atom is 0.317 e. The highest BCUT2D eigenvalue weighted by Gasteiger charge is 2.35. The molecule has 0 saturated carbocycles. The molecule has 3 rings (SSSR count). The number of likely N-dealkylation sites (N-methyl/N-ethyl adjacent to an activating group) is 1. The van der Waals surface area contributed by atoms with Gasteiger partial charge in [-0.3, -0.25) is 4.79 Å². The fourth-order valence-electron chi connectivity index (χ4n) is 3.25. The number of carbonyl (C=O) groups is 2. The van der Waals surface area contributed by atoms with Crippen molar-refractivity contribution in [2.24, 2.45) is 5.10 Å². The van der Waals surface area contributed by atoms with Crippen molar-refractivity contribution in [2.75, 3.05) is 13.6 Å². The Morgan fingerprint density at radius 2 is 1.83 bits per heavy atom. The molecule has 8 heteroatoms. The van der Waals surface area contributed by atoms with E-state index in [0.29, 0.717) is 16.8 Å². The molecule has 1 N–H and O–H groups in total.